The summed E-state index contributed by atoms with van der Waals surface area (Å²) in [4.78, 5) is 13.6. The van der Waals surface area contributed by atoms with Gasteiger partial charge in [0.05, 0.1) is 6.04 Å². The largest absolute Gasteiger partial charge is 0.382 e. The highest BCUT2D eigenvalue weighted by molar-refractivity contribution is 5.93. The molecular formula is C8H13N5O. The topological polar surface area (TPSA) is 87.0 Å². The van der Waals surface area contributed by atoms with Gasteiger partial charge < -0.3 is 16.0 Å². The molecule has 0 saturated carbocycles. The van der Waals surface area contributed by atoms with E-state index < -0.39 is 0 Å². The van der Waals surface area contributed by atoms with Gasteiger partial charge in [0.1, 0.15) is 11.5 Å². The lowest BCUT2D eigenvalue weighted by atomic mass is 10.1. The number of nitrogens with two attached hydrogens (primary N) is 1. The summed E-state index contributed by atoms with van der Waals surface area (Å²) < 4.78 is 0. The summed E-state index contributed by atoms with van der Waals surface area (Å²) in [7, 11) is 2.01. The summed E-state index contributed by atoms with van der Waals surface area (Å²) in [6.45, 7) is 1.80. The molecular weight excluding hydrogens is 182 g/mol. The van der Waals surface area contributed by atoms with E-state index in [2.05, 4.69) is 20.4 Å². The summed E-state index contributed by atoms with van der Waals surface area (Å²) in [5, 5.41) is 9.12. The van der Waals surface area contributed by atoms with Gasteiger partial charge in [0.2, 0.25) is 0 Å². The van der Waals surface area contributed by atoms with Crippen LogP contribution in [0.3, 0.4) is 0 Å². The molecule has 0 spiro atoms. The second-order valence-electron chi connectivity index (χ2n) is 3.60. The van der Waals surface area contributed by atoms with E-state index in [1.54, 1.807) is 0 Å². The van der Waals surface area contributed by atoms with Crippen molar-refractivity contribution in [2.24, 2.45) is 0 Å². The molecule has 6 heteroatoms. The first-order valence-corrected chi connectivity index (χ1v) is 4.45. The molecule has 0 unspecified atom stereocenters. The Balaban J connectivity index is 1.90. The van der Waals surface area contributed by atoms with Crippen LogP contribution >= 0.6 is 0 Å². The number of anilines is 1. The van der Waals surface area contributed by atoms with Gasteiger partial charge in [-0.05, 0) is 7.05 Å². The molecule has 2 rings (SSSR count). The zero-order chi connectivity index (χ0) is 10.1. The molecule has 4 N–H and O–H groups in total. The predicted octanol–water partition coefficient (Wildman–Crippen LogP) is -0.964. The highest BCUT2D eigenvalue weighted by atomic mass is 16.2. The van der Waals surface area contributed by atoms with Crippen LogP contribution in [0.1, 0.15) is 10.5 Å². The molecule has 0 atom stereocenters. The molecule has 6 nitrogen and oxygen atoms in total. The average molecular weight is 195 g/mol. The third-order valence-corrected chi connectivity index (χ3v) is 2.24. The minimum atomic E-state index is -0.146. The Kier molecular flexibility index (Phi) is 2.12. The van der Waals surface area contributed by atoms with E-state index >= 15 is 0 Å². The zero-order valence-corrected chi connectivity index (χ0v) is 7.95. The maximum absolute atomic E-state index is 11.5. The number of carbonyl (C=O) groups excluding carboxylic acids is 1. The van der Waals surface area contributed by atoms with E-state index in [0.29, 0.717) is 11.5 Å². The number of likely N-dealkylation sites (N-methyl/N-ethyl adjacent to an activating group) is 1. The second-order valence-corrected chi connectivity index (χ2v) is 3.60. The number of aromatic nitrogens is 2. The van der Waals surface area contributed by atoms with Crippen molar-refractivity contribution in [3.05, 3.63) is 11.8 Å². The molecule has 1 amide bonds. The maximum atomic E-state index is 11.5. The van der Waals surface area contributed by atoms with Crippen LogP contribution in [-0.4, -0.2) is 47.2 Å². The molecule has 2 heterocycles. The van der Waals surface area contributed by atoms with Crippen molar-refractivity contribution in [1.29, 1.82) is 0 Å². The molecule has 1 aromatic rings. The maximum Gasteiger partial charge on any atom is 0.269 e. The van der Waals surface area contributed by atoms with Crippen molar-refractivity contribution in [3.8, 4) is 0 Å². The summed E-state index contributed by atoms with van der Waals surface area (Å²) in [6.07, 6.45) is 0. The minimum absolute atomic E-state index is 0.146. The van der Waals surface area contributed by atoms with Crippen molar-refractivity contribution in [1.82, 2.24) is 20.4 Å². The number of nitrogens with zero attached hydrogens (tertiary/aromatic N) is 2. The van der Waals surface area contributed by atoms with Crippen molar-refractivity contribution in [3.63, 3.8) is 0 Å². The van der Waals surface area contributed by atoms with Gasteiger partial charge in [-0.2, -0.15) is 5.10 Å². The van der Waals surface area contributed by atoms with Crippen molar-refractivity contribution in [2.75, 3.05) is 25.9 Å². The molecule has 0 radical (unpaired) electrons. The third kappa shape index (κ3) is 1.69. The van der Waals surface area contributed by atoms with Gasteiger partial charge >= 0.3 is 0 Å². The average Bonchev–Trinajstić information content (AvgIpc) is 2.49. The SMILES string of the molecule is CN1CC(NC(=O)c2cc(N)n[nH]2)C1. The Morgan fingerprint density at radius 3 is 3.00 bits per heavy atom. The first-order valence-electron chi connectivity index (χ1n) is 4.45. The number of aromatic amines is 1. The Bertz CT molecular complexity index is 341. The van der Waals surface area contributed by atoms with Crippen LogP contribution in [0, 0.1) is 0 Å². The van der Waals surface area contributed by atoms with Gasteiger partial charge in [0.15, 0.2) is 0 Å². The van der Waals surface area contributed by atoms with Gasteiger partial charge in [-0.3, -0.25) is 9.89 Å². The third-order valence-electron chi connectivity index (χ3n) is 2.24. The molecule has 1 aromatic heterocycles. The van der Waals surface area contributed by atoms with Gasteiger partial charge in [0.25, 0.3) is 5.91 Å². The lowest BCUT2D eigenvalue weighted by Crippen LogP contribution is -2.57. The summed E-state index contributed by atoms with van der Waals surface area (Å²) in [5.41, 5.74) is 5.80. The first-order chi connectivity index (χ1) is 6.65. The molecule has 76 valence electrons. The minimum Gasteiger partial charge on any atom is -0.382 e. The van der Waals surface area contributed by atoms with Crippen LogP contribution in [-0.2, 0) is 0 Å². The van der Waals surface area contributed by atoms with Gasteiger partial charge in [0, 0.05) is 19.2 Å². The Morgan fingerprint density at radius 2 is 2.50 bits per heavy atom. The predicted molar refractivity (Wildman–Crippen MR) is 51.8 cm³/mol. The van der Waals surface area contributed by atoms with Crippen LogP contribution in [0.25, 0.3) is 0 Å². The summed E-state index contributed by atoms with van der Waals surface area (Å²) >= 11 is 0. The number of hydrogen-bond donors (Lipinski definition) is 3. The van der Waals surface area contributed by atoms with Crippen molar-refractivity contribution < 1.29 is 4.79 Å². The number of rotatable bonds is 2. The molecule has 1 fully saturated rings. The van der Waals surface area contributed by atoms with E-state index in [9.17, 15) is 4.79 Å². The Labute approximate surface area is 81.5 Å². The Morgan fingerprint density at radius 1 is 1.79 bits per heavy atom. The lowest BCUT2D eigenvalue weighted by Gasteiger charge is -2.36. The fourth-order valence-electron chi connectivity index (χ4n) is 1.51. The fraction of sp³-hybridized carbons (Fsp3) is 0.500. The van der Waals surface area contributed by atoms with Crippen molar-refractivity contribution >= 4 is 11.7 Å². The normalized spacial score (nSPS) is 17.8. The van der Waals surface area contributed by atoms with E-state index in [1.807, 2.05) is 7.05 Å². The molecule has 0 bridgehead atoms. The molecule has 1 aliphatic rings. The fourth-order valence-corrected chi connectivity index (χ4v) is 1.51. The number of H-pyrrole nitrogens is 1. The molecule has 1 aliphatic heterocycles. The molecule has 0 aromatic carbocycles. The van der Waals surface area contributed by atoms with E-state index in [1.165, 1.54) is 6.07 Å². The smallest absolute Gasteiger partial charge is 0.269 e. The standard InChI is InChI=1S/C8H13N5O/c1-13-3-5(4-13)10-8(14)6-2-7(9)12-11-6/h2,5H,3-4H2,1H3,(H,10,14)(H3,9,11,12). The monoisotopic (exact) mass is 195 g/mol. The van der Waals surface area contributed by atoms with Gasteiger partial charge in [-0.15, -0.1) is 0 Å². The number of likely N-dealkylation sites (tertiary alicyclic amines) is 1. The van der Waals surface area contributed by atoms with E-state index in [4.69, 9.17) is 5.73 Å². The number of hydrogen-bond acceptors (Lipinski definition) is 4. The van der Waals surface area contributed by atoms with Crippen LogP contribution in [0.5, 0.6) is 0 Å². The highest BCUT2D eigenvalue weighted by Crippen LogP contribution is 2.06. The number of carbonyl (C=O) groups is 1. The van der Waals surface area contributed by atoms with Gasteiger partial charge in [-0.25, -0.2) is 0 Å². The lowest BCUT2D eigenvalue weighted by molar-refractivity contribution is 0.0853. The van der Waals surface area contributed by atoms with Gasteiger partial charge in [-0.1, -0.05) is 0 Å². The van der Waals surface area contributed by atoms with Crippen LogP contribution in [0.2, 0.25) is 0 Å². The van der Waals surface area contributed by atoms with Crippen LogP contribution in [0.4, 0.5) is 5.82 Å². The number of nitrogens with one attached hydrogen (secondary N) is 2. The zero-order valence-electron chi connectivity index (χ0n) is 7.95. The van der Waals surface area contributed by atoms with E-state index in [-0.39, 0.29) is 11.9 Å². The second kappa shape index (κ2) is 3.30. The highest BCUT2D eigenvalue weighted by Gasteiger charge is 2.25. The summed E-state index contributed by atoms with van der Waals surface area (Å²) in [6, 6.07) is 1.77. The number of amides is 1. The molecule has 0 aliphatic carbocycles. The van der Waals surface area contributed by atoms with Crippen molar-refractivity contribution in [2.45, 2.75) is 6.04 Å². The quantitative estimate of drug-likeness (QED) is 0.567. The van der Waals surface area contributed by atoms with Crippen LogP contribution < -0.4 is 11.1 Å². The molecule has 1 saturated heterocycles. The number of nitrogen functional groups attached to an aromatic ring is 1. The first kappa shape index (κ1) is 9.01. The van der Waals surface area contributed by atoms with Crippen LogP contribution in [0.15, 0.2) is 6.07 Å². The molecule has 14 heavy (non-hydrogen) atoms. The summed E-state index contributed by atoms with van der Waals surface area (Å²) in [5.74, 6) is 0.188. The van der Waals surface area contributed by atoms with E-state index in [0.717, 1.165) is 13.1 Å². The Hall–Kier alpha value is -1.56.